The van der Waals surface area contributed by atoms with Crippen LogP contribution in [-0.2, 0) is 16.0 Å². The predicted octanol–water partition coefficient (Wildman–Crippen LogP) is 2.06. The molecule has 9 heteroatoms. The zero-order chi connectivity index (χ0) is 20.8. The third kappa shape index (κ3) is 5.82. The van der Waals surface area contributed by atoms with E-state index in [0.29, 0.717) is 31.9 Å². The summed E-state index contributed by atoms with van der Waals surface area (Å²) < 4.78 is 13.2. The van der Waals surface area contributed by atoms with E-state index in [1.165, 1.54) is 30.3 Å². The molecule has 0 aliphatic carbocycles. The van der Waals surface area contributed by atoms with Crippen LogP contribution in [0.5, 0.6) is 0 Å². The molecule has 0 saturated carbocycles. The molecule has 1 aliphatic heterocycles. The zero-order valence-electron chi connectivity index (χ0n) is 15.7. The highest BCUT2D eigenvalue weighted by molar-refractivity contribution is 5.92. The molecule has 3 rings (SSSR count). The van der Waals surface area contributed by atoms with E-state index in [1.54, 1.807) is 23.1 Å². The van der Waals surface area contributed by atoms with Crippen molar-refractivity contribution in [3.05, 3.63) is 70.0 Å². The molecule has 152 valence electrons. The fraction of sp³-hybridized carbons (Fsp3) is 0.300. The van der Waals surface area contributed by atoms with Gasteiger partial charge in [0.25, 0.3) is 5.69 Å². The van der Waals surface area contributed by atoms with Crippen molar-refractivity contribution in [1.82, 2.24) is 9.80 Å². The van der Waals surface area contributed by atoms with Crippen LogP contribution in [0.3, 0.4) is 0 Å². The smallest absolute Gasteiger partial charge is 0.269 e. The first-order valence-electron chi connectivity index (χ1n) is 9.19. The van der Waals surface area contributed by atoms with Crippen LogP contribution in [0, 0.1) is 15.9 Å². The topological polar surface area (TPSA) is 95.8 Å². The van der Waals surface area contributed by atoms with Gasteiger partial charge in [-0.1, -0.05) is 18.2 Å². The number of carbonyl (C=O) groups is 2. The number of nitro benzene ring substituents is 1. The van der Waals surface area contributed by atoms with Gasteiger partial charge in [-0.15, -0.1) is 0 Å². The largest absolute Gasteiger partial charge is 0.340 e. The average Bonchev–Trinajstić information content (AvgIpc) is 2.69. The van der Waals surface area contributed by atoms with Gasteiger partial charge in [0.15, 0.2) is 0 Å². The van der Waals surface area contributed by atoms with Gasteiger partial charge in [0.1, 0.15) is 5.82 Å². The fourth-order valence-corrected chi connectivity index (χ4v) is 3.15. The highest BCUT2D eigenvalue weighted by Gasteiger charge is 2.22. The number of non-ortho nitro benzene ring substituents is 1. The van der Waals surface area contributed by atoms with E-state index >= 15 is 0 Å². The Balaban J connectivity index is 1.44. The number of benzene rings is 2. The summed E-state index contributed by atoms with van der Waals surface area (Å²) >= 11 is 0. The first-order chi connectivity index (χ1) is 13.9. The van der Waals surface area contributed by atoms with E-state index in [9.17, 15) is 24.1 Å². The number of nitrogens with one attached hydrogen (secondary N) is 1. The highest BCUT2D eigenvalue weighted by atomic mass is 19.1. The first-order valence-corrected chi connectivity index (χ1v) is 9.19. The van der Waals surface area contributed by atoms with Crippen LogP contribution in [0.4, 0.5) is 15.8 Å². The minimum atomic E-state index is -0.477. The molecule has 0 aromatic heterocycles. The normalized spacial score (nSPS) is 14.4. The van der Waals surface area contributed by atoms with Gasteiger partial charge in [-0.3, -0.25) is 24.6 Å². The lowest BCUT2D eigenvalue weighted by molar-refractivity contribution is -0.384. The molecular weight excluding hydrogens is 379 g/mol. The molecule has 1 aliphatic rings. The van der Waals surface area contributed by atoms with E-state index in [2.05, 4.69) is 5.32 Å². The number of piperazine rings is 1. The molecule has 0 radical (unpaired) electrons. The molecule has 0 bridgehead atoms. The molecule has 1 N–H and O–H groups in total. The molecule has 1 heterocycles. The van der Waals surface area contributed by atoms with Crippen molar-refractivity contribution < 1.29 is 18.9 Å². The summed E-state index contributed by atoms with van der Waals surface area (Å²) in [6.45, 7) is 2.28. The number of hydrogen-bond donors (Lipinski definition) is 1. The average molecular weight is 400 g/mol. The van der Waals surface area contributed by atoms with Crippen molar-refractivity contribution in [2.24, 2.45) is 0 Å². The van der Waals surface area contributed by atoms with Gasteiger partial charge in [0, 0.05) is 44.0 Å². The summed E-state index contributed by atoms with van der Waals surface area (Å²) in [5, 5.41) is 13.3. The number of nitro groups is 1. The Kier molecular flexibility index (Phi) is 6.50. The fourth-order valence-electron chi connectivity index (χ4n) is 3.15. The van der Waals surface area contributed by atoms with Crippen LogP contribution in [0.2, 0.25) is 0 Å². The number of anilines is 1. The lowest BCUT2D eigenvalue weighted by Gasteiger charge is -2.34. The van der Waals surface area contributed by atoms with Crippen molar-refractivity contribution in [1.29, 1.82) is 0 Å². The maximum atomic E-state index is 13.2. The van der Waals surface area contributed by atoms with Gasteiger partial charge in [0.2, 0.25) is 11.8 Å². The molecule has 0 atom stereocenters. The van der Waals surface area contributed by atoms with E-state index in [4.69, 9.17) is 0 Å². The van der Waals surface area contributed by atoms with Crippen LogP contribution in [0.15, 0.2) is 48.5 Å². The summed E-state index contributed by atoms with van der Waals surface area (Å²) in [5.74, 6) is -0.702. The Morgan fingerprint density at radius 1 is 1.07 bits per heavy atom. The van der Waals surface area contributed by atoms with E-state index < -0.39 is 10.7 Å². The molecule has 0 unspecified atom stereocenters. The van der Waals surface area contributed by atoms with Crippen molar-refractivity contribution in [2.45, 2.75) is 6.42 Å². The van der Waals surface area contributed by atoms with Crippen LogP contribution in [-0.4, -0.2) is 59.3 Å². The minimum Gasteiger partial charge on any atom is -0.340 e. The second-order valence-electron chi connectivity index (χ2n) is 6.82. The highest BCUT2D eigenvalue weighted by Crippen LogP contribution is 2.14. The molecule has 0 spiro atoms. The molecule has 2 aromatic rings. The van der Waals surface area contributed by atoms with Gasteiger partial charge in [0.05, 0.1) is 17.9 Å². The molecule has 1 fully saturated rings. The molecule has 2 amide bonds. The maximum Gasteiger partial charge on any atom is 0.269 e. The SMILES string of the molecule is O=C(CN1CCN(C(=O)Cc2ccc([N+](=O)[O-])cc2)CC1)Nc1cccc(F)c1. The Bertz CT molecular complexity index is 896. The summed E-state index contributed by atoms with van der Waals surface area (Å²) in [6, 6.07) is 11.7. The van der Waals surface area contributed by atoms with Crippen molar-refractivity contribution in [3.8, 4) is 0 Å². The number of nitrogens with zero attached hydrogens (tertiary/aromatic N) is 3. The summed E-state index contributed by atoms with van der Waals surface area (Å²) in [5.41, 5.74) is 1.12. The number of carbonyl (C=O) groups excluding carboxylic acids is 2. The van der Waals surface area contributed by atoms with Gasteiger partial charge in [-0.2, -0.15) is 0 Å². The van der Waals surface area contributed by atoms with Gasteiger partial charge in [-0.05, 0) is 23.8 Å². The number of amides is 2. The van der Waals surface area contributed by atoms with E-state index in [0.717, 1.165) is 5.56 Å². The molecular formula is C20H21FN4O4. The predicted molar refractivity (Wildman–Crippen MR) is 105 cm³/mol. The van der Waals surface area contributed by atoms with Crippen LogP contribution in [0.1, 0.15) is 5.56 Å². The Morgan fingerprint density at radius 3 is 2.38 bits per heavy atom. The lowest BCUT2D eigenvalue weighted by atomic mass is 10.1. The Labute approximate surface area is 167 Å². The van der Waals surface area contributed by atoms with Crippen molar-refractivity contribution in [3.63, 3.8) is 0 Å². The van der Waals surface area contributed by atoms with Crippen LogP contribution >= 0.6 is 0 Å². The third-order valence-electron chi connectivity index (χ3n) is 4.70. The Hall–Kier alpha value is -3.33. The van der Waals surface area contributed by atoms with Crippen LogP contribution < -0.4 is 5.32 Å². The number of rotatable bonds is 6. The van der Waals surface area contributed by atoms with Crippen molar-refractivity contribution in [2.75, 3.05) is 38.0 Å². The van der Waals surface area contributed by atoms with Crippen LogP contribution in [0.25, 0.3) is 0 Å². The zero-order valence-corrected chi connectivity index (χ0v) is 15.7. The molecule has 2 aromatic carbocycles. The third-order valence-corrected chi connectivity index (χ3v) is 4.70. The summed E-state index contributed by atoms with van der Waals surface area (Å²) in [6.07, 6.45) is 0.179. The maximum absolute atomic E-state index is 13.2. The molecule has 8 nitrogen and oxygen atoms in total. The number of hydrogen-bond acceptors (Lipinski definition) is 5. The van der Waals surface area contributed by atoms with E-state index in [-0.39, 0.29) is 30.5 Å². The van der Waals surface area contributed by atoms with E-state index in [1.807, 2.05) is 4.90 Å². The second-order valence-corrected chi connectivity index (χ2v) is 6.82. The minimum absolute atomic E-state index is 0.00803. The van der Waals surface area contributed by atoms with Gasteiger partial charge < -0.3 is 10.2 Å². The monoisotopic (exact) mass is 400 g/mol. The molecule has 1 saturated heterocycles. The van der Waals surface area contributed by atoms with Gasteiger partial charge in [-0.25, -0.2) is 4.39 Å². The Morgan fingerprint density at radius 2 is 1.76 bits per heavy atom. The summed E-state index contributed by atoms with van der Waals surface area (Å²) in [7, 11) is 0. The lowest BCUT2D eigenvalue weighted by Crippen LogP contribution is -2.50. The second kappa shape index (κ2) is 9.24. The van der Waals surface area contributed by atoms with Crippen molar-refractivity contribution >= 4 is 23.2 Å². The number of halogens is 1. The molecule has 29 heavy (non-hydrogen) atoms. The van der Waals surface area contributed by atoms with Gasteiger partial charge >= 0.3 is 0 Å². The quantitative estimate of drug-likeness (QED) is 0.592. The summed E-state index contributed by atoms with van der Waals surface area (Å²) in [4.78, 5) is 38.4. The standard InChI is InChI=1S/C20H21FN4O4/c21-16-2-1-3-17(13-16)22-19(26)14-23-8-10-24(11-9-23)20(27)12-15-4-6-18(7-5-15)25(28)29/h1-7,13H,8-12,14H2,(H,22,26). The first kappa shape index (κ1) is 20.4.